The average Bonchev–Trinajstić information content (AvgIpc) is 3.20. The highest BCUT2D eigenvalue weighted by Crippen LogP contribution is 2.23. The Hall–Kier alpha value is -3.41. The van der Waals surface area contributed by atoms with Crippen molar-refractivity contribution in [1.82, 2.24) is 14.4 Å². The van der Waals surface area contributed by atoms with Crippen LogP contribution in [0.3, 0.4) is 0 Å². The summed E-state index contributed by atoms with van der Waals surface area (Å²) in [5, 5.41) is 0.815. The van der Waals surface area contributed by atoms with Crippen LogP contribution in [-0.4, -0.2) is 58.1 Å². The number of piperazine rings is 1. The first-order valence-corrected chi connectivity index (χ1v) is 10.9. The topological polar surface area (TPSA) is 62.6 Å². The summed E-state index contributed by atoms with van der Waals surface area (Å²) in [6.07, 6.45) is 3.88. The Labute approximate surface area is 182 Å². The molecule has 1 aliphatic rings. The average molecular weight is 418 g/mol. The summed E-state index contributed by atoms with van der Waals surface area (Å²) in [5.74, 6) is -1.02. The smallest absolute Gasteiger partial charge is 0.295 e. The number of hydrogen-bond donors (Lipinski definition) is 0. The monoisotopic (exact) mass is 417 g/mol. The first-order valence-electron chi connectivity index (χ1n) is 10.9. The fourth-order valence-electron chi connectivity index (χ4n) is 4.08. The summed E-state index contributed by atoms with van der Waals surface area (Å²) in [7, 11) is 0. The number of Topliss-reactive ketones (excluding diaryl/α,β-unsaturated/α-hetero) is 1. The molecule has 160 valence electrons. The standard InChI is InChI=1S/C25H27N3O3/c1-2-3-13-28-18-21(20-11-7-8-12-22(20)28)23(29)25(31)27-16-14-26(15-17-27)24(30)19-9-5-4-6-10-19/h4-12,18H,2-3,13-17H2,1H3. The Balaban J connectivity index is 1.46. The number of fused-ring (bicyclic) bond motifs is 1. The lowest BCUT2D eigenvalue weighted by Gasteiger charge is -2.34. The third-order valence-electron chi connectivity index (χ3n) is 5.85. The summed E-state index contributed by atoms with van der Waals surface area (Å²) in [6, 6.07) is 16.8. The Bertz CT molecular complexity index is 1100. The molecule has 1 aliphatic heterocycles. The SMILES string of the molecule is CCCCn1cc(C(=O)C(=O)N2CCN(C(=O)c3ccccc3)CC2)c2ccccc21. The van der Waals surface area contributed by atoms with E-state index in [-0.39, 0.29) is 5.91 Å². The van der Waals surface area contributed by atoms with Crippen molar-refractivity contribution < 1.29 is 14.4 Å². The molecule has 6 heteroatoms. The van der Waals surface area contributed by atoms with E-state index in [1.54, 1.807) is 21.9 Å². The molecule has 0 saturated carbocycles. The van der Waals surface area contributed by atoms with E-state index in [4.69, 9.17) is 0 Å². The summed E-state index contributed by atoms with van der Waals surface area (Å²) in [5.41, 5.74) is 2.07. The molecule has 1 saturated heterocycles. The molecule has 3 aromatic rings. The van der Waals surface area contributed by atoms with Gasteiger partial charge in [0.15, 0.2) is 0 Å². The molecule has 0 unspecified atom stereocenters. The van der Waals surface area contributed by atoms with Crippen molar-refractivity contribution in [3.63, 3.8) is 0 Å². The lowest BCUT2D eigenvalue weighted by molar-refractivity contribution is -0.127. The summed E-state index contributed by atoms with van der Waals surface area (Å²) in [6.45, 7) is 4.51. The van der Waals surface area contributed by atoms with Gasteiger partial charge in [-0.25, -0.2) is 0 Å². The van der Waals surface area contributed by atoms with Crippen molar-refractivity contribution in [1.29, 1.82) is 0 Å². The molecule has 2 aromatic carbocycles. The summed E-state index contributed by atoms with van der Waals surface area (Å²) >= 11 is 0. The van der Waals surface area contributed by atoms with E-state index in [0.29, 0.717) is 37.3 Å². The van der Waals surface area contributed by atoms with Crippen LogP contribution in [0.15, 0.2) is 60.8 Å². The molecule has 2 amide bonds. The lowest BCUT2D eigenvalue weighted by atomic mass is 10.1. The number of carbonyl (C=O) groups is 3. The second-order valence-corrected chi connectivity index (χ2v) is 7.89. The summed E-state index contributed by atoms with van der Waals surface area (Å²) in [4.78, 5) is 42.0. The number of ketones is 1. The number of hydrogen-bond acceptors (Lipinski definition) is 3. The highest BCUT2D eigenvalue weighted by atomic mass is 16.2. The number of aromatic nitrogens is 1. The molecule has 4 rings (SSSR count). The number of rotatable bonds is 6. The fraction of sp³-hybridized carbons (Fsp3) is 0.320. The maximum Gasteiger partial charge on any atom is 0.295 e. The largest absolute Gasteiger partial charge is 0.347 e. The maximum atomic E-state index is 13.1. The van der Waals surface area contributed by atoms with Crippen LogP contribution in [0, 0.1) is 0 Å². The van der Waals surface area contributed by atoms with Crippen molar-refractivity contribution in [2.75, 3.05) is 26.2 Å². The molecular weight excluding hydrogens is 390 g/mol. The minimum atomic E-state index is -0.495. The number of nitrogens with zero attached hydrogens (tertiary/aromatic N) is 3. The molecule has 1 fully saturated rings. The van der Waals surface area contributed by atoms with Crippen LogP contribution in [0.5, 0.6) is 0 Å². The van der Waals surface area contributed by atoms with E-state index < -0.39 is 11.7 Å². The van der Waals surface area contributed by atoms with Crippen LogP contribution in [0.2, 0.25) is 0 Å². The number of para-hydroxylation sites is 1. The van der Waals surface area contributed by atoms with Crippen LogP contribution >= 0.6 is 0 Å². The number of amides is 2. The van der Waals surface area contributed by atoms with E-state index in [0.717, 1.165) is 30.3 Å². The first-order chi connectivity index (χ1) is 15.1. The van der Waals surface area contributed by atoms with Gasteiger partial charge in [-0.15, -0.1) is 0 Å². The van der Waals surface area contributed by atoms with Gasteiger partial charge in [0.25, 0.3) is 17.6 Å². The van der Waals surface area contributed by atoms with Gasteiger partial charge in [0.2, 0.25) is 0 Å². The molecule has 0 atom stereocenters. The first kappa shape index (κ1) is 20.8. The summed E-state index contributed by atoms with van der Waals surface area (Å²) < 4.78 is 2.07. The molecule has 31 heavy (non-hydrogen) atoms. The quantitative estimate of drug-likeness (QED) is 0.455. The predicted octanol–water partition coefficient (Wildman–Crippen LogP) is 3.61. The third-order valence-corrected chi connectivity index (χ3v) is 5.85. The lowest BCUT2D eigenvalue weighted by Crippen LogP contribution is -2.52. The minimum Gasteiger partial charge on any atom is -0.347 e. The molecule has 0 radical (unpaired) electrons. The molecule has 0 spiro atoms. The number of benzene rings is 2. The molecular formula is C25H27N3O3. The predicted molar refractivity (Wildman–Crippen MR) is 120 cm³/mol. The van der Waals surface area contributed by atoms with Crippen molar-refractivity contribution in [3.8, 4) is 0 Å². The van der Waals surface area contributed by atoms with Crippen molar-refractivity contribution >= 4 is 28.5 Å². The van der Waals surface area contributed by atoms with Gasteiger partial charge in [0, 0.05) is 55.4 Å². The molecule has 0 N–H and O–H groups in total. The van der Waals surface area contributed by atoms with Gasteiger partial charge >= 0.3 is 0 Å². The van der Waals surface area contributed by atoms with Crippen molar-refractivity contribution in [3.05, 3.63) is 71.9 Å². The Morgan fingerprint density at radius 3 is 2.19 bits per heavy atom. The maximum absolute atomic E-state index is 13.1. The van der Waals surface area contributed by atoms with Gasteiger partial charge in [-0.3, -0.25) is 14.4 Å². The van der Waals surface area contributed by atoms with E-state index in [1.807, 2.05) is 48.7 Å². The van der Waals surface area contributed by atoms with E-state index in [1.165, 1.54) is 0 Å². The highest BCUT2D eigenvalue weighted by molar-refractivity contribution is 6.44. The van der Waals surface area contributed by atoms with Gasteiger partial charge < -0.3 is 14.4 Å². The fourth-order valence-corrected chi connectivity index (χ4v) is 4.08. The second-order valence-electron chi connectivity index (χ2n) is 7.89. The Morgan fingerprint density at radius 2 is 1.48 bits per heavy atom. The van der Waals surface area contributed by atoms with Crippen LogP contribution in [0.1, 0.15) is 40.5 Å². The van der Waals surface area contributed by atoms with Crippen molar-refractivity contribution in [2.45, 2.75) is 26.3 Å². The molecule has 0 aliphatic carbocycles. The van der Waals surface area contributed by atoms with Gasteiger partial charge in [-0.2, -0.15) is 0 Å². The van der Waals surface area contributed by atoms with Crippen LogP contribution in [-0.2, 0) is 11.3 Å². The van der Waals surface area contributed by atoms with Crippen LogP contribution in [0.4, 0.5) is 0 Å². The number of unbranched alkanes of at least 4 members (excludes halogenated alkanes) is 1. The van der Waals surface area contributed by atoms with Gasteiger partial charge in [0.1, 0.15) is 0 Å². The normalized spacial score (nSPS) is 14.1. The van der Waals surface area contributed by atoms with Gasteiger partial charge in [0.05, 0.1) is 5.56 Å². The molecule has 2 heterocycles. The Kier molecular flexibility index (Phi) is 6.16. The van der Waals surface area contributed by atoms with Crippen molar-refractivity contribution in [2.24, 2.45) is 0 Å². The Morgan fingerprint density at radius 1 is 0.839 bits per heavy atom. The van der Waals surface area contributed by atoms with E-state index in [9.17, 15) is 14.4 Å². The third kappa shape index (κ3) is 4.24. The zero-order chi connectivity index (χ0) is 21.8. The van der Waals surface area contributed by atoms with Crippen LogP contribution < -0.4 is 0 Å². The zero-order valence-electron chi connectivity index (χ0n) is 17.8. The molecule has 0 bridgehead atoms. The number of aryl methyl sites for hydroxylation is 1. The van der Waals surface area contributed by atoms with E-state index >= 15 is 0 Å². The zero-order valence-corrected chi connectivity index (χ0v) is 17.8. The second kappa shape index (κ2) is 9.16. The van der Waals surface area contributed by atoms with Crippen LogP contribution in [0.25, 0.3) is 10.9 Å². The minimum absolute atomic E-state index is 0.0435. The highest BCUT2D eigenvalue weighted by Gasteiger charge is 2.30. The van der Waals surface area contributed by atoms with E-state index in [2.05, 4.69) is 11.5 Å². The van der Waals surface area contributed by atoms with Gasteiger partial charge in [-0.1, -0.05) is 49.7 Å². The molecule has 6 nitrogen and oxygen atoms in total. The van der Waals surface area contributed by atoms with Gasteiger partial charge in [-0.05, 0) is 24.6 Å². The molecule has 1 aromatic heterocycles. The number of carbonyl (C=O) groups excluding carboxylic acids is 3.